The molecule has 3 aromatic rings. The van der Waals surface area contributed by atoms with Crippen LogP contribution >= 0.6 is 0 Å². The van der Waals surface area contributed by atoms with Crippen LogP contribution in [0.3, 0.4) is 0 Å². The van der Waals surface area contributed by atoms with Gasteiger partial charge in [0.15, 0.2) is 11.5 Å². The van der Waals surface area contributed by atoms with Crippen LogP contribution < -0.4 is 14.2 Å². The van der Waals surface area contributed by atoms with E-state index in [1.807, 2.05) is 67.6 Å². The summed E-state index contributed by atoms with van der Waals surface area (Å²) in [7, 11) is 0. The Labute approximate surface area is 175 Å². The Morgan fingerprint density at radius 3 is 2.63 bits per heavy atom. The third-order valence-corrected chi connectivity index (χ3v) is 5.46. The van der Waals surface area contributed by atoms with Gasteiger partial charge >= 0.3 is 0 Å². The fourth-order valence-corrected chi connectivity index (χ4v) is 3.94. The molecule has 0 N–H and O–H groups in total. The van der Waals surface area contributed by atoms with Gasteiger partial charge < -0.3 is 18.9 Å². The van der Waals surface area contributed by atoms with Gasteiger partial charge in [-0.2, -0.15) is 0 Å². The lowest BCUT2D eigenvalue weighted by Gasteiger charge is -2.25. The van der Waals surface area contributed by atoms with Crippen LogP contribution in [0.15, 0.2) is 71.7 Å². The molecule has 0 aromatic heterocycles. The largest absolute Gasteiger partial charge is 0.494 e. The van der Waals surface area contributed by atoms with E-state index in [4.69, 9.17) is 23.9 Å². The van der Waals surface area contributed by atoms with Crippen molar-refractivity contribution in [3.63, 3.8) is 0 Å². The van der Waals surface area contributed by atoms with Crippen LogP contribution in [0.5, 0.6) is 17.2 Å². The molecule has 2 heterocycles. The first-order chi connectivity index (χ1) is 14.7. The van der Waals surface area contributed by atoms with E-state index in [2.05, 4.69) is 13.0 Å². The summed E-state index contributed by atoms with van der Waals surface area (Å²) in [6.07, 6.45) is -0.239. The maximum Gasteiger partial charge on any atom is 0.231 e. The van der Waals surface area contributed by atoms with Crippen molar-refractivity contribution in [3.05, 3.63) is 83.4 Å². The topological polar surface area (TPSA) is 49.3 Å². The summed E-state index contributed by atoms with van der Waals surface area (Å²) in [6.45, 7) is 5.01. The number of aliphatic imine (C=N–C) groups is 1. The molecule has 0 bridgehead atoms. The molecule has 5 rings (SSSR count). The van der Waals surface area contributed by atoms with E-state index in [1.54, 1.807) is 0 Å². The van der Waals surface area contributed by atoms with Crippen molar-refractivity contribution in [1.82, 2.24) is 0 Å². The lowest BCUT2D eigenvalue weighted by atomic mass is 9.89. The van der Waals surface area contributed by atoms with Crippen LogP contribution in [-0.2, 0) is 4.74 Å². The molecule has 0 unspecified atom stereocenters. The van der Waals surface area contributed by atoms with Gasteiger partial charge in [0.05, 0.1) is 12.3 Å². The lowest BCUT2D eigenvalue weighted by molar-refractivity contribution is 0.167. The summed E-state index contributed by atoms with van der Waals surface area (Å²) < 4.78 is 23.4. The van der Waals surface area contributed by atoms with Crippen molar-refractivity contribution in [2.24, 2.45) is 4.99 Å². The van der Waals surface area contributed by atoms with Crippen molar-refractivity contribution in [2.45, 2.75) is 25.9 Å². The Morgan fingerprint density at radius 1 is 0.967 bits per heavy atom. The molecule has 30 heavy (non-hydrogen) atoms. The van der Waals surface area contributed by atoms with Crippen molar-refractivity contribution in [3.8, 4) is 17.2 Å². The van der Waals surface area contributed by atoms with Gasteiger partial charge in [0.25, 0.3) is 0 Å². The second kappa shape index (κ2) is 7.75. The maximum absolute atomic E-state index is 6.55. The quantitative estimate of drug-likeness (QED) is 0.557. The summed E-state index contributed by atoms with van der Waals surface area (Å²) in [5.74, 6) is 3.00. The molecule has 0 saturated carbocycles. The minimum atomic E-state index is -0.239. The lowest BCUT2D eigenvalue weighted by Crippen LogP contribution is -2.16. The van der Waals surface area contributed by atoms with Gasteiger partial charge in [0.2, 0.25) is 12.7 Å². The number of ether oxygens (including phenoxy) is 4. The zero-order valence-corrected chi connectivity index (χ0v) is 17.0. The Bertz CT molecular complexity index is 1090. The minimum absolute atomic E-state index is 0.0470. The first kappa shape index (κ1) is 18.6. The van der Waals surface area contributed by atoms with Gasteiger partial charge in [0.1, 0.15) is 11.9 Å². The number of hydrogen-bond acceptors (Lipinski definition) is 5. The number of benzene rings is 3. The van der Waals surface area contributed by atoms with Gasteiger partial charge in [-0.3, -0.25) is 0 Å². The van der Waals surface area contributed by atoms with Crippen LogP contribution in [0.1, 0.15) is 42.6 Å². The standard InChI is InChI=1S/C25H23NO4/c1-3-27-19-10-11-21-20(14-19)16(2)24(18-9-12-22-23(13-18)29-15-28-22)30-25(26-21)17-7-5-4-6-8-17/h4-14,16,24H,3,15H2,1-2H3/t16-,24-/m0/s1. The van der Waals surface area contributed by atoms with Gasteiger partial charge in [-0.15, -0.1) is 0 Å². The van der Waals surface area contributed by atoms with Gasteiger partial charge in [-0.1, -0.05) is 31.2 Å². The zero-order valence-electron chi connectivity index (χ0n) is 17.0. The third-order valence-electron chi connectivity index (χ3n) is 5.46. The molecule has 152 valence electrons. The van der Waals surface area contributed by atoms with Crippen LogP contribution in [0.2, 0.25) is 0 Å². The number of rotatable bonds is 4. The fourth-order valence-electron chi connectivity index (χ4n) is 3.94. The number of nitrogens with zero attached hydrogens (tertiary/aromatic N) is 1. The predicted octanol–water partition coefficient (Wildman–Crippen LogP) is 5.77. The molecular formula is C25H23NO4. The monoisotopic (exact) mass is 401 g/mol. The van der Waals surface area contributed by atoms with E-state index < -0.39 is 0 Å². The summed E-state index contributed by atoms with van der Waals surface area (Å²) >= 11 is 0. The highest BCUT2D eigenvalue weighted by atomic mass is 16.7. The minimum Gasteiger partial charge on any atom is -0.494 e. The summed E-state index contributed by atoms with van der Waals surface area (Å²) in [4.78, 5) is 4.89. The number of hydrogen-bond donors (Lipinski definition) is 0. The highest BCUT2D eigenvalue weighted by molar-refractivity contribution is 5.96. The fraction of sp³-hybridized carbons (Fsp3) is 0.240. The van der Waals surface area contributed by atoms with Crippen LogP contribution in [0.4, 0.5) is 5.69 Å². The van der Waals surface area contributed by atoms with E-state index in [0.29, 0.717) is 12.5 Å². The van der Waals surface area contributed by atoms with Crippen molar-refractivity contribution < 1.29 is 18.9 Å². The van der Waals surface area contributed by atoms with E-state index >= 15 is 0 Å². The van der Waals surface area contributed by atoms with E-state index in [9.17, 15) is 0 Å². The summed E-state index contributed by atoms with van der Waals surface area (Å²) in [5.41, 5.74) is 3.95. The number of fused-ring (bicyclic) bond motifs is 2. The van der Waals surface area contributed by atoms with Crippen LogP contribution in [0.25, 0.3) is 0 Å². The molecule has 0 saturated heterocycles. The first-order valence-corrected chi connectivity index (χ1v) is 10.2. The second-order valence-corrected chi connectivity index (χ2v) is 7.38. The molecule has 0 aliphatic carbocycles. The molecule has 0 amide bonds. The smallest absolute Gasteiger partial charge is 0.231 e. The SMILES string of the molecule is CCOc1ccc2c(c1)[C@H](C)[C@@H](c1ccc3c(c1)OCO3)OC(c1ccccc1)=N2. The molecule has 5 nitrogen and oxygen atoms in total. The Morgan fingerprint density at radius 2 is 1.80 bits per heavy atom. The first-order valence-electron chi connectivity index (χ1n) is 10.2. The normalized spacial score (nSPS) is 19.3. The van der Waals surface area contributed by atoms with Crippen LogP contribution in [-0.4, -0.2) is 19.3 Å². The van der Waals surface area contributed by atoms with Crippen molar-refractivity contribution in [2.75, 3.05) is 13.4 Å². The van der Waals surface area contributed by atoms with E-state index in [1.165, 1.54) is 0 Å². The molecule has 0 radical (unpaired) electrons. The highest BCUT2D eigenvalue weighted by Gasteiger charge is 2.31. The molecule has 5 heteroatoms. The molecule has 0 fully saturated rings. The average Bonchev–Trinajstić information content (AvgIpc) is 3.20. The molecule has 2 aliphatic heterocycles. The van der Waals surface area contributed by atoms with Crippen molar-refractivity contribution >= 4 is 11.6 Å². The van der Waals surface area contributed by atoms with Gasteiger partial charge in [-0.05, 0) is 60.5 Å². The van der Waals surface area contributed by atoms with E-state index in [0.717, 1.165) is 39.6 Å². The summed E-state index contributed by atoms with van der Waals surface area (Å²) in [6, 6.07) is 22.0. The predicted molar refractivity (Wildman–Crippen MR) is 115 cm³/mol. The highest BCUT2D eigenvalue weighted by Crippen LogP contribution is 2.45. The molecule has 2 atom stereocenters. The summed E-state index contributed by atoms with van der Waals surface area (Å²) in [5, 5.41) is 0. The molecule has 0 spiro atoms. The average molecular weight is 401 g/mol. The Kier molecular flexibility index (Phi) is 4.79. The second-order valence-electron chi connectivity index (χ2n) is 7.38. The maximum atomic E-state index is 6.55. The third kappa shape index (κ3) is 3.36. The molecular weight excluding hydrogens is 378 g/mol. The molecule has 2 aliphatic rings. The van der Waals surface area contributed by atoms with E-state index in [-0.39, 0.29) is 18.8 Å². The molecule has 3 aromatic carbocycles. The zero-order chi connectivity index (χ0) is 20.5. The van der Waals surface area contributed by atoms with Crippen molar-refractivity contribution in [1.29, 1.82) is 0 Å². The Hall–Kier alpha value is -3.47. The van der Waals surface area contributed by atoms with Crippen LogP contribution in [0, 0.1) is 0 Å². The van der Waals surface area contributed by atoms with Gasteiger partial charge in [0, 0.05) is 11.5 Å². The Balaban J connectivity index is 1.62. The van der Waals surface area contributed by atoms with Gasteiger partial charge in [-0.25, -0.2) is 4.99 Å².